The Morgan fingerprint density at radius 3 is 2.42 bits per heavy atom. The summed E-state index contributed by atoms with van der Waals surface area (Å²) < 4.78 is 38.4. The van der Waals surface area contributed by atoms with Gasteiger partial charge in [0.25, 0.3) is 15.9 Å². The standard InChI is InChI=1S/C22H19N3O5S/c1-29-16-10-11-20(21(13-16)30-2)24-22(26)18-8-3-4-9-19(18)25-31(27,28)17-7-5-6-15(12-17)14-23/h3-13,25H,1-2H3,(H,24,26). The Hall–Kier alpha value is -4.03. The summed E-state index contributed by atoms with van der Waals surface area (Å²) in [6.45, 7) is 0. The van der Waals surface area contributed by atoms with Gasteiger partial charge in [0, 0.05) is 6.07 Å². The van der Waals surface area contributed by atoms with E-state index in [0.29, 0.717) is 17.2 Å². The first-order valence-corrected chi connectivity index (χ1v) is 10.5. The van der Waals surface area contributed by atoms with Gasteiger partial charge in [-0.2, -0.15) is 5.26 Å². The molecule has 0 bridgehead atoms. The topological polar surface area (TPSA) is 118 Å². The number of methoxy groups -OCH3 is 2. The Kier molecular flexibility index (Phi) is 6.43. The van der Waals surface area contributed by atoms with Gasteiger partial charge in [-0.15, -0.1) is 0 Å². The van der Waals surface area contributed by atoms with Crippen LogP contribution in [0.25, 0.3) is 0 Å². The maximum absolute atomic E-state index is 12.9. The number of carbonyl (C=O) groups is 1. The number of para-hydroxylation sites is 1. The molecule has 0 radical (unpaired) electrons. The first kappa shape index (κ1) is 21.7. The van der Waals surface area contributed by atoms with Gasteiger partial charge in [-0.3, -0.25) is 9.52 Å². The highest BCUT2D eigenvalue weighted by atomic mass is 32.2. The highest BCUT2D eigenvalue weighted by Crippen LogP contribution is 2.30. The molecule has 0 heterocycles. The fourth-order valence-electron chi connectivity index (χ4n) is 2.80. The quantitative estimate of drug-likeness (QED) is 0.583. The van der Waals surface area contributed by atoms with Crippen LogP contribution in [0.1, 0.15) is 15.9 Å². The van der Waals surface area contributed by atoms with Crippen molar-refractivity contribution in [2.24, 2.45) is 0 Å². The molecule has 0 aromatic heterocycles. The summed E-state index contributed by atoms with van der Waals surface area (Å²) in [5, 5.41) is 11.7. The molecule has 0 aliphatic heterocycles. The van der Waals surface area contributed by atoms with Crippen molar-refractivity contribution in [3.8, 4) is 17.6 Å². The second-order valence-corrected chi connectivity index (χ2v) is 7.99. The maximum Gasteiger partial charge on any atom is 0.261 e. The molecular weight excluding hydrogens is 418 g/mol. The Morgan fingerprint density at radius 1 is 0.935 bits per heavy atom. The third-order valence-corrected chi connectivity index (χ3v) is 5.71. The number of rotatable bonds is 7. The summed E-state index contributed by atoms with van der Waals surface area (Å²) in [5.74, 6) is 0.411. The number of nitrogens with zero attached hydrogens (tertiary/aromatic N) is 1. The lowest BCUT2D eigenvalue weighted by molar-refractivity contribution is 0.102. The van der Waals surface area contributed by atoms with Crippen LogP contribution in [0, 0.1) is 11.3 Å². The van der Waals surface area contributed by atoms with E-state index in [1.54, 1.807) is 30.3 Å². The molecule has 8 nitrogen and oxygen atoms in total. The summed E-state index contributed by atoms with van der Waals surface area (Å²) in [6, 6.07) is 18.6. The molecule has 158 valence electrons. The average molecular weight is 437 g/mol. The second-order valence-electron chi connectivity index (χ2n) is 6.31. The summed E-state index contributed by atoms with van der Waals surface area (Å²) in [5.41, 5.74) is 0.809. The van der Waals surface area contributed by atoms with Crippen LogP contribution < -0.4 is 19.5 Å². The van der Waals surface area contributed by atoms with Crippen LogP contribution in [0.5, 0.6) is 11.5 Å². The first-order valence-electron chi connectivity index (χ1n) is 9.03. The van der Waals surface area contributed by atoms with E-state index in [2.05, 4.69) is 10.0 Å². The molecule has 31 heavy (non-hydrogen) atoms. The molecule has 3 aromatic rings. The second kappa shape index (κ2) is 9.19. The van der Waals surface area contributed by atoms with Crippen molar-refractivity contribution in [2.75, 3.05) is 24.3 Å². The van der Waals surface area contributed by atoms with E-state index in [-0.39, 0.29) is 21.7 Å². The van der Waals surface area contributed by atoms with Gasteiger partial charge in [0.2, 0.25) is 0 Å². The Morgan fingerprint density at radius 2 is 1.71 bits per heavy atom. The van der Waals surface area contributed by atoms with Gasteiger partial charge >= 0.3 is 0 Å². The van der Waals surface area contributed by atoms with Crippen LogP contribution in [-0.4, -0.2) is 28.5 Å². The van der Waals surface area contributed by atoms with Gasteiger partial charge in [-0.05, 0) is 42.5 Å². The monoisotopic (exact) mass is 437 g/mol. The third-order valence-electron chi connectivity index (χ3n) is 4.35. The number of anilines is 2. The normalized spacial score (nSPS) is 10.6. The van der Waals surface area contributed by atoms with E-state index in [1.807, 2.05) is 6.07 Å². The highest BCUT2D eigenvalue weighted by molar-refractivity contribution is 7.92. The minimum absolute atomic E-state index is 0.0846. The van der Waals surface area contributed by atoms with Crippen molar-refractivity contribution in [3.63, 3.8) is 0 Å². The van der Waals surface area contributed by atoms with Gasteiger partial charge in [-0.1, -0.05) is 18.2 Å². The highest BCUT2D eigenvalue weighted by Gasteiger charge is 2.20. The zero-order valence-corrected chi connectivity index (χ0v) is 17.6. The molecule has 0 spiro atoms. The van der Waals surface area contributed by atoms with E-state index in [4.69, 9.17) is 14.7 Å². The number of benzene rings is 3. The van der Waals surface area contributed by atoms with Crippen LogP contribution in [0.2, 0.25) is 0 Å². The van der Waals surface area contributed by atoms with Crippen LogP contribution in [0.15, 0.2) is 71.6 Å². The van der Waals surface area contributed by atoms with Gasteiger partial charge in [0.05, 0.1) is 47.7 Å². The fraction of sp³-hybridized carbons (Fsp3) is 0.0909. The zero-order valence-electron chi connectivity index (χ0n) is 16.7. The van der Waals surface area contributed by atoms with Gasteiger partial charge in [-0.25, -0.2) is 8.42 Å². The minimum atomic E-state index is -4.02. The summed E-state index contributed by atoms with van der Waals surface area (Å²) in [7, 11) is -1.04. The number of nitriles is 1. The average Bonchev–Trinajstić information content (AvgIpc) is 2.79. The fourth-order valence-corrected chi connectivity index (χ4v) is 3.92. The lowest BCUT2D eigenvalue weighted by Crippen LogP contribution is -2.19. The van der Waals surface area contributed by atoms with E-state index < -0.39 is 15.9 Å². The number of sulfonamides is 1. The molecule has 0 fully saturated rings. The van der Waals surface area contributed by atoms with Gasteiger partial charge < -0.3 is 14.8 Å². The molecule has 0 aliphatic rings. The molecular formula is C22H19N3O5S. The first-order chi connectivity index (χ1) is 14.9. The Labute approximate surface area is 180 Å². The predicted octanol–water partition coefficient (Wildman–Crippen LogP) is 3.63. The lowest BCUT2D eigenvalue weighted by atomic mass is 10.1. The number of carbonyl (C=O) groups excluding carboxylic acids is 1. The maximum atomic E-state index is 12.9. The van der Waals surface area contributed by atoms with Crippen molar-refractivity contribution in [1.29, 1.82) is 5.26 Å². The van der Waals surface area contributed by atoms with Crippen LogP contribution in [0.4, 0.5) is 11.4 Å². The number of ether oxygens (including phenoxy) is 2. The van der Waals surface area contributed by atoms with Crippen LogP contribution in [0.3, 0.4) is 0 Å². The van der Waals surface area contributed by atoms with E-state index in [9.17, 15) is 13.2 Å². The Bertz CT molecular complexity index is 1270. The zero-order chi connectivity index (χ0) is 22.4. The minimum Gasteiger partial charge on any atom is -0.497 e. The van der Waals surface area contributed by atoms with Crippen molar-refractivity contribution in [1.82, 2.24) is 0 Å². The smallest absolute Gasteiger partial charge is 0.261 e. The Balaban J connectivity index is 1.90. The van der Waals surface area contributed by atoms with E-state index in [1.165, 1.54) is 50.6 Å². The number of hydrogen-bond acceptors (Lipinski definition) is 6. The summed E-state index contributed by atoms with van der Waals surface area (Å²) in [4.78, 5) is 12.8. The van der Waals surface area contributed by atoms with E-state index in [0.717, 1.165) is 0 Å². The molecule has 9 heteroatoms. The molecule has 2 N–H and O–H groups in total. The molecule has 3 aromatic carbocycles. The number of nitrogens with one attached hydrogen (secondary N) is 2. The number of amides is 1. The molecule has 3 rings (SSSR count). The molecule has 0 aliphatic carbocycles. The van der Waals surface area contributed by atoms with Crippen molar-refractivity contribution in [3.05, 3.63) is 77.9 Å². The summed E-state index contributed by atoms with van der Waals surface area (Å²) >= 11 is 0. The molecule has 0 unspecified atom stereocenters. The van der Waals surface area contributed by atoms with E-state index >= 15 is 0 Å². The van der Waals surface area contributed by atoms with Crippen LogP contribution in [-0.2, 0) is 10.0 Å². The lowest BCUT2D eigenvalue weighted by Gasteiger charge is -2.15. The molecule has 0 atom stereocenters. The van der Waals surface area contributed by atoms with Gasteiger partial charge in [0.1, 0.15) is 11.5 Å². The van der Waals surface area contributed by atoms with Crippen molar-refractivity contribution < 1.29 is 22.7 Å². The summed E-state index contributed by atoms with van der Waals surface area (Å²) in [6.07, 6.45) is 0. The van der Waals surface area contributed by atoms with Crippen molar-refractivity contribution >= 4 is 27.3 Å². The molecule has 0 saturated heterocycles. The molecule has 0 saturated carbocycles. The van der Waals surface area contributed by atoms with Crippen LogP contribution >= 0.6 is 0 Å². The largest absolute Gasteiger partial charge is 0.497 e. The van der Waals surface area contributed by atoms with Gasteiger partial charge in [0.15, 0.2) is 0 Å². The predicted molar refractivity (Wildman–Crippen MR) is 116 cm³/mol. The van der Waals surface area contributed by atoms with Crippen molar-refractivity contribution in [2.45, 2.75) is 4.90 Å². The third kappa shape index (κ3) is 4.94. The molecule has 1 amide bonds. The SMILES string of the molecule is COc1ccc(NC(=O)c2ccccc2NS(=O)(=O)c2cccc(C#N)c2)c(OC)c1. The number of hydrogen-bond donors (Lipinski definition) is 2.